The van der Waals surface area contributed by atoms with Gasteiger partial charge in [-0.05, 0) is 0 Å². The summed E-state index contributed by atoms with van der Waals surface area (Å²) in [6.07, 6.45) is 3.86. The summed E-state index contributed by atoms with van der Waals surface area (Å²) < 4.78 is 11.1. The molecule has 4 aromatic rings. The summed E-state index contributed by atoms with van der Waals surface area (Å²) in [5.74, 6) is 0. The van der Waals surface area contributed by atoms with E-state index < -0.39 is 0 Å². The number of aromatic nitrogens is 2. The molecule has 2 nitrogen and oxygen atoms in total. The van der Waals surface area contributed by atoms with Crippen LogP contribution in [0.1, 0.15) is 5.56 Å². The van der Waals surface area contributed by atoms with Crippen LogP contribution in [0, 0.1) is 6.92 Å². The molecule has 5 heteroatoms. The number of hydrogen-bond donors (Lipinski definition) is 0. The summed E-state index contributed by atoms with van der Waals surface area (Å²) in [6, 6.07) is 12.4. The zero-order valence-electron chi connectivity index (χ0n) is 10.7. The maximum absolute atomic E-state index is 5.77. The van der Waals surface area contributed by atoms with Crippen molar-refractivity contribution in [3.63, 3.8) is 0 Å². The van der Waals surface area contributed by atoms with Gasteiger partial charge in [0, 0.05) is 0 Å². The average molecular weight is 413 g/mol. The van der Waals surface area contributed by atoms with E-state index in [9.17, 15) is 0 Å². The minimum atomic E-state index is 0.305. The first-order valence-corrected chi connectivity index (χ1v) is 9.66. The second-order valence-electron chi connectivity index (χ2n) is 4.38. The first-order chi connectivity index (χ1) is 9.72. The van der Waals surface area contributed by atoms with Crippen LogP contribution in [-0.4, -0.2) is 37.4 Å². The number of halogens is 1. The molecule has 0 radical (unpaired) electrons. The van der Waals surface area contributed by atoms with E-state index in [1.165, 1.54) is 24.9 Å². The summed E-state index contributed by atoms with van der Waals surface area (Å²) >= 11 is 6.44. The molecule has 0 bridgehead atoms. The monoisotopic (exact) mass is 414 g/mol. The Labute approximate surface area is 134 Å². The van der Waals surface area contributed by atoms with Crippen LogP contribution in [-0.2, 0) is 0 Å². The Kier molecular flexibility index (Phi) is 4.40. The van der Waals surface area contributed by atoms with E-state index in [0.29, 0.717) is 29.5 Å². The molecule has 2 aromatic heterocycles. The number of nitrogens with zero attached hydrogens (tertiary/aromatic N) is 2. The number of benzene rings is 2. The second kappa shape index (κ2) is 6.26. The molecule has 0 saturated carbocycles. The first kappa shape index (κ1) is 14.1. The van der Waals surface area contributed by atoms with Crippen molar-refractivity contribution in [3.8, 4) is 0 Å². The van der Waals surface area contributed by atoms with Crippen LogP contribution in [0.4, 0.5) is 0 Å². The Hall–Kier alpha value is -0.891. The van der Waals surface area contributed by atoms with Gasteiger partial charge in [-0.3, -0.25) is 0 Å². The summed E-state index contributed by atoms with van der Waals surface area (Å²) in [7, 11) is 0. The maximum atomic E-state index is 5.77. The summed E-state index contributed by atoms with van der Waals surface area (Å²) in [5, 5.41) is 3.30. The first-order valence-electron chi connectivity index (χ1n) is 6.03. The SMILES string of the molecule is Cc1ccc2[se]ncc2c1.Clc1ccc2[se]ncc2c1. The molecule has 0 spiro atoms. The summed E-state index contributed by atoms with van der Waals surface area (Å²) in [6.45, 7) is 2.11. The molecule has 2 heterocycles. The summed E-state index contributed by atoms with van der Waals surface area (Å²) in [5.41, 5.74) is 1.32. The molecule has 0 saturated heterocycles. The Morgan fingerprint density at radius 3 is 2.15 bits per heavy atom. The van der Waals surface area contributed by atoms with Crippen molar-refractivity contribution in [1.82, 2.24) is 7.96 Å². The van der Waals surface area contributed by atoms with Gasteiger partial charge in [0.1, 0.15) is 0 Å². The van der Waals surface area contributed by atoms with Crippen LogP contribution >= 0.6 is 11.6 Å². The van der Waals surface area contributed by atoms with Crippen molar-refractivity contribution in [2.45, 2.75) is 6.92 Å². The van der Waals surface area contributed by atoms with Crippen LogP contribution in [0.25, 0.3) is 19.3 Å². The van der Waals surface area contributed by atoms with E-state index >= 15 is 0 Å². The zero-order chi connectivity index (χ0) is 13.9. The van der Waals surface area contributed by atoms with Gasteiger partial charge in [0.25, 0.3) is 0 Å². The molecule has 0 aliphatic rings. The third-order valence-electron chi connectivity index (χ3n) is 2.82. The van der Waals surface area contributed by atoms with Crippen molar-refractivity contribution in [1.29, 1.82) is 0 Å². The van der Waals surface area contributed by atoms with Crippen LogP contribution in [0.5, 0.6) is 0 Å². The van der Waals surface area contributed by atoms with Gasteiger partial charge >= 0.3 is 135 Å². The molecular weight excluding hydrogens is 402 g/mol. The minimum absolute atomic E-state index is 0.305. The van der Waals surface area contributed by atoms with Gasteiger partial charge < -0.3 is 0 Å². The van der Waals surface area contributed by atoms with E-state index in [0.717, 1.165) is 5.02 Å². The third kappa shape index (κ3) is 3.22. The number of aryl methyl sites for hydroxylation is 1. The van der Waals surface area contributed by atoms with Crippen LogP contribution in [0.3, 0.4) is 0 Å². The quantitative estimate of drug-likeness (QED) is 0.413. The van der Waals surface area contributed by atoms with Gasteiger partial charge in [-0.25, -0.2) is 0 Å². The van der Waals surface area contributed by atoms with E-state index in [4.69, 9.17) is 11.6 Å². The molecule has 20 heavy (non-hydrogen) atoms. The number of hydrogen-bond acceptors (Lipinski definition) is 2. The normalized spacial score (nSPS) is 10.5. The van der Waals surface area contributed by atoms with E-state index in [2.05, 4.69) is 33.1 Å². The molecule has 0 unspecified atom stereocenters. The van der Waals surface area contributed by atoms with Crippen LogP contribution < -0.4 is 0 Å². The topological polar surface area (TPSA) is 25.8 Å². The third-order valence-corrected chi connectivity index (χ3v) is 6.33. The predicted molar refractivity (Wildman–Crippen MR) is 87.1 cm³/mol. The van der Waals surface area contributed by atoms with E-state index in [-0.39, 0.29) is 0 Å². The van der Waals surface area contributed by atoms with Crippen molar-refractivity contribution in [2.24, 2.45) is 0 Å². The zero-order valence-corrected chi connectivity index (χ0v) is 14.9. The van der Waals surface area contributed by atoms with Crippen LogP contribution in [0.15, 0.2) is 48.8 Å². The van der Waals surface area contributed by atoms with Gasteiger partial charge in [0.2, 0.25) is 0 Å². The van der Waals surface area contributed by atoms with E-state index in [1.54, 1.807) is 0 Å². The van der Waals surface area contributed by atoms with Gasteiger partial charge in [-0.15, -0.1) is 0 Å². The predicted octanol–water partition coefficient (Wildman–Crippen LogP) is 3.55. The number of fused-ring (bicyclic) bond motifs is 2. The molecule has 100 valence electrons. The molecule has 0 fully saturated rings. The molecule has 4 rings (SSSR count). The van der Waals surface area contributed by atoms with Gasteiger partial charge in [-0.2, -0.15) is 0 Å². The summed E-state index contributed by atoms with van der Waals surface area (Å²) in [4.78, 5) is 0. The van der Waals surface area contributed by atoms with E-state index in [1.807, 2.05) is 30.6 Å². The van der Waals surface area contributed by atoms with Gasteiger partial charge in [-0.1, -0.05) is 0 Å². The Bertz CT molecular complexity index is 779. The Balaban J connectivity index is 0.000000121. The second-order valence-corrected chi connectivity index (χ2v) is 8.31. The molecule has 0 amide bonds. The molecule has 0 N–H and O–H groups in total. The Morgan fingerprint density at radius 2 is 1.45 bits per heavy atom. The molecule has 0 aliphatic carbocycles. The molecule has 2 aromatic carbocycles. The fraction of sp³-hybridized carbons (Fsp3) is 0.0667. The molecule has 0 atom stereocenters. The Morgan fingerprint density at radius 1 is 0.850 bits per heavy atom. The molecule has 0 aliphatic heterocycles. The molecular formula is C15H11ClN2Se2. The average Bonchev–Trinajstić information content (AvgIpc) is 3.06. The number of rotatable bonds is 0. The fourth-order valence-electron chi connectivity index (χ4n) is 1.84. The van der Waals surface area contributed by atoms with Gasteiger partial charge in [0.15, 0.2) is 0 Å². The van der Waals surface area contributed by atoms with Crippen molar-refractivity contribution >= 4 is 60.4 Å². The van der Waals surface area contributed by atoms with Crippen molar-refractivity contribution < 1.29 is 0 Å². The van der Waals surface area contributed by atoms with Gasteiger partial charge in [0.05, 0.1) is 0 Å². The fourth-order valence-corrected chi connectivity index (χ4v) is 4.64. The standard InChI is InChI=1S/C8H7NSe.C7H4ClNSe/c1-6-2-3-8-7(4-6)5-9-10-8;8-6-1-2-7-5(3-6)4-9-10-7/h2-5H,1H3;1-4H. The van der Waals surface area contributed by atoms with Crippen molar-refractivity contribution in [3.05, 3.63) is 59.4 Å². The van der Waals surface area contributed by atoms with Crippen LogP contribution in [0.2, 0.25) is 5.02 Å². The van der Waals surface area contributed by atoms with Crippen molar-refractivity contribution in [2.75, 3.05) is 0 Å².